The van der Waals surface area contributed by atoms with E-state index in [0.29, 0.717) is 5.41 Å². The third kappa shape index (κ3) is 2.70. The fourth-order valence-electron chi connectivity index (χ4n) is 3.37. The number of benzene rings is 1. The molecule has 2 aliphatic rings. The van der Waals surface area contributed by atoms with Crippen LogP contribution in [0, 0.1) is 0 Å². The number of aryl methyl sites for hydroxylation is 1. The average molecular weight is 274 g/mol. The van der Waals surface area contributed by atoms with Crippen LogP contribution in [0.15, 0.2) is 18.2 Å². The van der Waals surface area contributed by atoms with Crippen LogP contribution >= 0.6 is 0 Å². The van der Waals surface area contributed by atoms with E-state index in [4.69, 9.17) is 4.74 Å². The van der Waals surface area contributed by atoms with Gasteiger partial charge >= 0.3 is 0 Å². The molecule has 0 radical (unpaired) electrons. The van der Waals surface area contributed by atoms with Crippen molar-refractivity contribution in [2.75, 3.05) is 39.8 Å². The summed E-state index contributed by atoms with van der Waals surface area (Å²) in [5.41, 5.74) is 3.29. The molecule has 1 aliphatic carbocycles. The molecule has 1 aromatic rings. The van der Waals surface area contributed by atoms with Crippen LogP contribution in [0.5, 0.6) is 5.75 Å². The Bertz CT molecular complexity index is 462. The molecule has 0 spiro atoms. The summed E-state index contributed by atoms with van der Waals surface area (Å²) in [6.45, 7) is 8.09. The monoisotopic (exact) mass is 274 g/mol. The highest BCUT2D eigenvalue weighted by atomic mass is 16.5. The Morgan fingerprint density at radius 1 is 1.25 bits per heavy atom. The van der Waals surface area contributed by atoms with Gasteiger partial charge in [-0.2, -0.15) is 0 Å². The van der Waals surface area contributed by atoms with E-state index in [1.165, 1.54) is 43.6 Å². The Kier molecular flexibility index (Phi) is 3.99. The van der Waals surface area contributed by atoms with Gasteiger partial charge in [0.05, 0.1) is 7.11 Å². The number of rotatable bonds is 5. The van der Waals surface area contributed by atoms with E-state index < -0.39 is 0 Å². The van der Waals surface area contributed by atoms with Gasteiger partial charge in [-0.3, -0.25) is 4.90 Å². The molecule has 0 unspecified atom stereocenters. The van der Waals surface area contributed by atoms with E-state index >= 15 is 0 Å². The van der Waals surface area contributed by atoms with Gasteiger partial charge in [0.1, 0.15) is 5.75 Å². The van der Waals surface area contributed by atoms with Crippen molar-refractivity contribution in [3.63, 3.8) is 0 Å². The van der Waals surface area contributed by atoms with Crippen molar-refractivity contribution in [2.45, 2.75) is 31.6 Å². The van der Waals surface area contributed by atoms with Crippen molar-refractivity contribution in [1.29, 1.82) is 0 Å². The van der Waals surface area contributed by atoms with Gasteiger partial charge in [-0.25, -0.2) is 0 Å². The van der Waals surface area contributed by atoms with Crippen molar-refractivity contribution >= 4 is 0 Å². The summed E-state index contributed by atoms with van der Waals surface area (Å²) < 4.78 is 5.46. The maximum absolute atomic E-state index is 5.46. The van der Waals surface area contributed by atoms with E-state index in [1.54, 1.807) is 7.11 Å². The molecule has 110 valence electrons. The molecule has 1 heterocycles. The lowest BCUT2D eigenvalue weighted by Crippen LogP contribution is -2.46. The molecule has 3 rings (SSSR count). The number of nitrogens with zero attached hydrogens (tertiary/aromatic N) is 1. The van der Waals surface area contributed by atoms with Crippen LogP contribution in [0.2, 0.25) is 0 Å². The minimum absolute atomic E-state index is 0.424. The summed E-state index contributed by atoms with van der Waals surface area (Å²) in [4.78, 5) is 2.62. The Labute approximate surface area is 122 Å². The van der Waals surface area contributed by atoms with Crippen LogP contribution in [0.3, 0.4) is 0 Å². The fraction of sp³-hybridized carbons (Fsp3) is 0.647. The summed E-state index contributed by atoms with van der Waals surface area (Å²) in [6.07, 6.45) is 3.72. The summed E-state index contributed by atoms with van der Waals surface area (Å²) in [6, 6.07) is 6.83. The molecule has 0 aromatic heterocycles. The van der Waals surface area contributed by atoms with Gasteiger partial charge in [0.15, 0.2) is 0 Å². The number of piperazine rings is 1. The van der Waals surface area contributed by atoms with Crippen molar-refractivity contribution < 1.29 is 4.74 Å². The zero-order chi connectivity index (χ0) is 14.0. The second-order valence-corrected chi connectivity index (χ2v) is 6.19. The molecule has 0 amide bonds. The number of nitrogens with one attached hydrogen (secondary N) is 1. The van der Waals surface area contributed by atoms with Gasteiger partial charge in [0.25, 0.3) is 0 Å². The van der Waals surface area contributed by atoms with Crippen LogP contribution < -0.4 is 10.1 Å². The molecule has 1 aromatic carbocycles. The smallest absolute Gasteiger partial charge is 0.122 e. The molecule has 1 N–H and O–H groups in total. The Hall–Kier alpha value is -1.06. The van der Waals surface area contributed by atoms with Crippen LogP contribution in [0.25, 0.3) is 0 Å². The van der Waals surface area contributed by atoms with Gasteiger partial charge in [0.2, 0.25) is 0 Å². The zero-order valence-electron chi connectivity index (χ0n) is 12.7. The lowest BCUT2D eigenvalue weighted by atomic mass is 9.92. The van der Waals surface area contributed by atoms with E-state index in [1.807, 2.05) is 0 Å². The second-order valence-electron chi connectivity index (χ2n) is 6.19. The first kappa shape index (κ1) is 13.9. The third-order valence-electron chi connectivity index (χ3n) is 4.86. The average Bonchev–Trinajstić information content (AvgIpc) is 3.28. The molecule has 3 heteroatoms. The first-order valence-corrected chi connectivity index (χ1v) is 7.88. The van der Waals surface area contributed by atoms with Crippen molar-refractivity contribution in [2.24, 2.45) is 0 Å². The summed E-state index contributed by atoms with van der Waals surface area (Å²) in [5.74, 6) is 1.04. The highest BCUT2D eigenvalue weighted by Crippen LogP contribution is 2.49. The number of ether oxygens (including phenoxy) is 1. The predicted octanol–water partition coefficient (Wildman–Crippen LogP) is 2.19. The molecule has 0 atom stereocenters. The van der Waals surface area contributed by atoms with Crippen molar-refractivity contribution in [3.05, 3.63) is 29.3 Å². The minimum Gasteiger partial charge on any atom is -0.496 e. The highest BCUT2D eigenvalue weighted by Gasteiger charge is 2.45. The van der Waals surface area contributed by atoms with Gasteiger partial charge in [0, 0.05) is 38.1 Å². The van der Waals surface area contributed by atoms with E-state index in [2.05, 4.69) is 35.3 Å². The predicted molar refractivity (Wildman–Crippen MR) is 82.6 cm³/mol. The molecule has 1 saturated heterocycles. The molecule has 3 nitrogen and oxygen atoms in total. The summed E-state index contributed by atoms with van der Waals surface area (Å²) in [7, 11) is 1.77. The van der Waals surface area contributed by atoms with E-state index in [-0.39, 0.29) is 0 Å². The molecule has 20 heavy (non-hydrogen) atoms. The Balaban J connectivity index is 1.77. The number of hydrogen-bond donors (Lipinski definition) is 1. The molecule has 2 fully saturated rings. The Morgan fingerprint density at radius 2 is 2.00 bits per heavy atom. The van der Waals surface area contributed by atoms with Crippen LogP contribution in [-0.2, 0) is 11.8 Å². The van der Waals surface area contributed by atoms with Crippen LogP contribution in [0.1, 0.15) is 30.9 Å². The lowest BCUT2D eigenvalue weighted by Gasteiger charge is -2.31. The highest BCUT2D eigenvalue weighted by molar-refractivity contribution is 5.42. The van der Waals surface area contributed by atoms with Gasteiger partial charge < -0.3 is 10.1 Å². The number of methoxy groups -OCH3 is 1. The minimum atomic E-state index is 0.424. The van der Waals surface area contributed by atoms with Gasteiger partial charge in [-0.05, 0) is 36.5 Å². The van der Waals surface area contributed by atoms with Crippen molar-refractivity contribution in [1.82, 2.24) is 10.2 Å². The number of hydrogen-bond acceptors (Lipinski definition) is 3. The largest absolute Gasteiger partial charge is 0.496 e. The zero-order valence-corrected chi connectivity index (χ0v) is 12.7. The van der Waals surface area contributed by atoms with Crippen LogP contribution in [0.4, 0.5) is 0 Å². The first-order valence-electron chi connectivity index (χ1n) is 7.88. The summed E-state index contributed by atoms with van der Waals surface area (Å²) >= 11 is 0. The molecule has 0 bridgehead atoms. The maximum atomic E-state index is 5.46. The topological polar surface area (TPSA) is 24.5 Å². The summed E-state index contributed by atoms with van der Waals surface area (Å²) in [5, 5.41) is 3.44. The third-order valence-corrected chi connectivity index (χ3v) is 4.86. The van der Waals surface area contributed by atoms with E-state index in [0.717, 1.165) is 25.3 Å². The SMILES string of the molecule is CCc1cc(C2(CN3CCNCC3)CC2)ccc1OC. The van der Waals surface area contributed by atoms with Gasteiger partial charge in [-0.1, -0.05) is 19.1 Å². The van der Waals surface area contributed by atoms with Crippen molar-refractivity contribution in [3.8, 4) is 5.75 Å². The first-order chi connectivity index (χ1) is 9.77. The lowest BCUT2D eigenvalue weighted by molar-refractivity contribution is 0.221. The molecular formula is C17H26N2O. The second kappa shape index (κ2) is 5.74. The fourth-order valence-corrected chi connectivity index (χ4v) is 3.37. The molecule has 1 saturated carbocycles. The Morgan fingerprint density at radius 3 is 2.60 bits per heavy atom. The maximum Gasteiger partial charge on any atom is 0.122 e. The van der Waals surface area contributed by atoms with Gasteiger partial charge in [-0.15, -0.1) is 0 Å². The molecule has 1 aliphatic heterocycles. The van der Waals surface area contributed by atoms with E-state index in [9.17, 15) is 0 Å². The standard InChI is InChI=1S/C17H26N2O/c1-3-14-12-15(4-5-16(14)20-2)17(6-7-17)13-19-10-8-18-9-11-19/h4-5,12,18H,3,6-11,13H2,1-2H3. The normalized spacial score (nSPS) is 21.7. The molecular weight excluding hydrogens is 248 g/mol. The van der Waals surface area contributed by atoms with Crippen LogP contribution in [-0.4, -0.2) is 44.7 Å². The quantitative estimate of drug-likeness (QED) is 0.891.